The van der Waals surface area contributed by atoms with Crippen LogP contribution in [0.25, 0.3) is 0 Å². The number of nitrogens with zero attached hydrogens (tertiary/aromatic N) is 2. The van der Waals surface area contributed by atoms with Crippen LogP contribution < -0.4 is 10.1 Å². The third-order valence-electron chi connectivity index (χ3n) is 6.29. The molecule has 0 spiro atoms. The first-order valence-corrected chi connectivity index (χ1v) is 12.7. The van der Waals surface area contributed by atoms with E-state index in [2.05, 4.69) is 11.4 Å². The first-order chi connectivity index (χ1) is 17.2. The lowest BCUT2D eigenvalue weighted by Gasteiger charge is -2.26. The van der Waals surface area contributed by atoms with Crippen molar-refractivity contribution >= 4 is 28.3 Å². The van der Waals surface area contributed by atoms with Crippen LogP contribution in [-0.2, 0) is 32.0 Å². The number of fused-ring (bicyclic) bond motifs is 1. The predicted molar refractivity (Wildman–Crippen MR) is 134 cm³/mol. The number of anilines is 1. The van der Waals surface area contributed by atoms with Crippen molar-refractivity contribution in [3.05, 3.63) is 45.8 Å². The van der Waals surface area contributed by atoms with Gasteiger partial charge in [0, 0.05) is 17.8 Å². The number of nitriles is 1. The maximum Gasteiger partial charge on any atom is 0.410 e. The summed E-state index contributed by atoms with van der Waals surface area (Å²) in [5.41, 5.74) is 2.36. The van der Waals surface area contributed by atoms with Gasteiger partial charge in [-0.3, -0.25) is 4.79 Å². The molecule has 1 aromatic carbocycles. The number of hydrogen-bond acceptors (Lipinski definition) is 8. The lowest BCUT2D eigenvalue weighted by Crippen LogP contribution is -2.37. The molecule has 1 unspecified atom stereocenters. The van der Waals surface area contributed by atoms with E-state index < -0.39 is 11.9 Å². The highest BCUT2D eigenvalue weighted by Gasteiger charge is 2.34. The molecule has 0 saturated carbocycles. The second-order valence-corrected chi connectivity index (χ2v) is 10.6. The highest BCUT2D eigenvalue weighted by Crippen LogP contribution is 2.37. The SMILES string of the molecule is COc1cccc([C@@H](C)CC(=O)Nc2sc3c(c2C#N)CCN(C(=O)OCC2COC(C)(C)O2)C3)c1. The first-order valence-electron chi connectivity index (χ1n) is 11.9. The second kappa shape index (κ2) is 10.9. The fourth-order valence-electron chi connectivity index (χ4n) is 4.39. The van der Waals surface area contributed by atoms with Crippen molar-refractivity contribution < 1.29 is 28.5 Å². The maximum atomic E-state index is 12.8. The minimum atomic E-state index is -0.672. The molecule has 1 saturated heterocycles. The molecule has 2 aromatic rings. The van der Waals surface area contributed by atoms with Crippen LogP contribution in [0, 0.1) is 11.3 Å². The van der Waals surface area contributed by atoms with Crippen LogP contribution in [0.3, 0.4) is 0 Å². The largest absolute Gasteiger partial charge is 0.497 e. The molecule has 3 heterocycles. The van der Waals surface area contributed by atoms with Crippen molar-refractivity contribution in [1.82, 2.24) is 4.90 Å². The summed E-state index contributed by atoms with van der Waals surface area (Å²) in [6, 6.07) is 9.88. The van der Waals surface area contributed by atoms with E-state index in [0.29, 0.717) is 36.7 Å². The van der Waals surface area contributed by atoms with E-state index >= 15 is 0 Å². The third-order valence-corrected chi connectivity index (χ3v) is 7.43. The molecule has 0 radical (unpaired) electrons. The summed E-state index contributed by atoms with van der Waals surface area (Å²) in [6.45, 7) is 6.88. The molecule has 1 N–H and O–H groups in total. The van der Waals surface area contributed by atoms with Crippen molar-refractivity contribution in [3.63, 3.8) is 0 Å². The van der Waals surface area contributed by atoms with E-state index in [1.165, 1.54) is 11.3 Å². The minimum Gasteiger partial charge on any atom is -0.497 e. The number of thiophene rings is 1. The van der Waals surface area contributed by atoms with Crippen LogP contribution >= 0.6 is 11.3 Å². The minimum absolute atomic E-state index is 0.0229. The van der Waals surface area contributed by atoms with E-state index in [4.69, 9.17) is 18.9 Å². The van der Waals surface area contributed by atoms with Crippen molar-refractivity contribution in [2.24, 2.45) is 0 Å². The molecule has 0 bridgehead atoms. The number of nitrogens with one attached hydrogen (secondary N) is 1. The maximum absolute atomic E-state index is 12.8. The van der Waals surface area contributed by atoms with E-state index in [1.807, 2.05) is 45.0 Å². The molecule has 0 aliphatic carbocycles. The Bertz CT molecular complexity index is 1170. The zero-order valence-corrected chi connectivity index (χ0v) is 21.8. The lowest BCUT2D eigenvalue weighted by atomic mass is 9.97. The molecule has 4 rings (SSSR count). The number of carbonyl (C=O) groups excluding carboxylic acids is 2. The molecule has 10 heteroatoms. The monoisotopic (exact) mass is 513 g/mol. The van der Waals surface area contributed by atoms with E-state index in [-0.39, 0.29) is 31.0 Å². The number of methoxy groups -OCH3 is 1. The Hall–Kier alpha value is -3.13. The number of benzene rings is 1. The fourth-order valence-corrected chi connectivity index (χ4v) is 5.62. The Morgan fingerprint density at radius 3 is 2.89 bits per heavy atom. The van der Waals surface area contributed by atoms with Crippen molar-refractivity contribution in [2.75, 3.05) is 32.2 Å². The summed E-state index contributed by atoms with van der Waals surface area (Å²) in [4.78, 5) is 27.9. The van der Waals surface area contributed by atoms with Gasteiger partial charge in [0.05, 0.1) is 25.8 Å². The summed E-state index contributed by atoms with van der Waals surface area (Å²) in [7, 11) is 1.61. The molecule has 2 atom stereocenters. The smallest absolute Gasteiger partial charge is 0.410 e. The van der Waals surface area contributed by atoms with Crippen molar-refractivity contribution in [1.29, 1.82) is 5.26 Å². The van der Waals surface area contributed by atoms with E-state index in [0.717, 1.165) is 21.8 Å². The molecule has 1 fully saturated rings. The Kier molecular flexibility index (Phi) is 7.83. The highest BCUT2D eigenvalue weighted by molar-refractivity contribution is 7.16. The molecule has 192 valence electrons. The topological polar surface area (TPSA) is 110 Å². The van der Waals surface area contributed by atoms with Gasteiger partial charge in [-0.25, -0.2) is 4.79 Å². The molecule has 2 aliphatic heterocycles. The molecule has 2 aliphatic rings. The Morgan fingerprint density at radius 2 is 2.19 bits per heavy atom. The average molecular weight is 514 g/mol. The Morgan fingerprint density at radius 1 is 1.39 bits per heavy atom. The molecule has 2 amide bonds. The van der Waals surface area contributed by atoms with Gasteiger partial charge in [-0.2, -0.15) is 5.26 Å². The van der Waals surface area contributed by atoms with Gasteiger partial charge in [0.1, 0.15) is 29.5 Å². The molecule has 36 heavy (non-hydrogen) atoms. The predicted octanol–water partition coefficient (Wildman–Crippen LogP) is 4.41. The molecule has 1 aromatic heterocycles. The fraction of sp³-hybridized carbons (Fsp3) is 0.500. The number of amides is 2. The van der Waals surface area contributed by atoms with Crippen LogP contribution in [0.4, 0.5) is 9.80 Å². The third kappa shape index (κ3) is 5.98. The highest BCUT2D eigenvalue weighted by atomic mass is 32.1. The molecular weight excluding hydrogens is 482 g/mol. The number of hydrogen-bond donors (Lipinski definition) is 1. The summed E-state index contributed by atoms with van der Waals surface area (Å²) < 4.78 is 21.9. The van der Waals surface area contributed by atoms with Gasteiger partial charge in [0.15, 0.2) is 5.79 Å². The van der Waals surface area contributed by atoms with E-state index in [9.17, 15) is 14.9 Å². The Labute approximate surface area is 214 Å². The quantitative estimate of drug-likeness (QED) is 0.584. The second-order valence-electron chi connectivity index (χ2n) is 9.45. The van der Waals surface area contributed by atoms with Crippen molar-refractivity contribution in [2.45, 2.75) is 58.0 Å². The van der Waals surface area contributed by atoms with Crippen LogP contribution in [0.2, 0.25) is 0 Å². The molecule has 9 nitrogen and oxygen atoms in total. The number of ether oxygens (including phenoxy) is 4. The number of rotatable bonds is 7. The summed E-state index contributed by atoms with van der Waals surface area (Å²) >= 11 is 1.34. The molecular formula is C26H31N3O6S. The summed E-state index contributed by atoms with van der Waals surface area (Å²) in [5.74, 6) is -0.119. The summed E-state index contributed by atoms with van der Waals surface area (Å²) in [5, 5.41) is 13.2. The first kappa shape index (κ1) is 25.9. The number of carbonyl (C=O) groups is 2. The normalized spacial score (nSPS) is 19.2. The average Bonchev–Trinajstić information content (AvgIpc) is 3.39. The van der Waals surface area contributed by atoms with Gasteiger partial charge in [-0.1, -0.05) is 19.1 Å². The lowest BCUT2D eigenvalue weighted by molar-refractivity contribution is -0.143. The van der Waals surface area contributed by atoms with Gasteiger partial charge >= 0.3 is 6.09 Å². The van der Waals surface area contributed by atoms with Crippen LogP contribution in [0.5, 0.6) is 5.75 Å². The Balaban J connectivity index is 1.36. The van der Waals surface area contributed by atoms with Gasteiger partial charge in [-0.05, 0) is 49.4 Å². The standard InChI is InChI=1S/C26H31N3O6S/c1-16(17-6-5-7-18(11-17)32-4)10-23(30)28-24-21(12-27)20-8-9-29(13-22(20)36-24)25(31)33-14-19-15-34-26(2,3)35-19/h5-7,11,16,19H,8-10,13-15H2,1-4H3,(H,28,30)/t16-,19?/m0/s1. The van der Waals surface area contributed by atoms with Crippen LogP contribution in [-0.4, -0.2) is 55.7 Å². The zero-order valence-electron chi connectivity index (χ0n) is 21.0. The zero-order chi connectivity index (χ0) is 25.9. The van der Waals surface area contributed by atoms with Gasteiger partial charge in [0.25, 0.3) is 0 Å². The van der Waals surface area contributed by atoms with Gasteiger partial charge in [0.2, 0.25) is 5.91 Å². The van der Waals surface area contributed by atoms with Gasteiger partial charge < -0.3 is 29.2 Å². The van der Waals surface area contributed by atoms with Crippen LogP contribution in [0.1, 0.15) is 54.7 Å². The summed E-state index contributed by atoms with van der Waals surface area (Å²) in [6.07, 6.45) is 0.0645. The van der Waals surface area contributed by atoms with Gasteiger partial charge in [-0.15, -0.1) is 11.3 Å². The van der Waals surface area contributed by atoms with Crippen molar-refractivity contribution in [3.8, 4) is 11.8 Å². The van der Waals surface area contributed by atoms with E-state index in [1.54, 1.807) is 12.0 Å². The van der Waals surface area contributed by atoms with Crippen LogP contribution in [0.15, 0.2) is 24.3 Å².